The maximum atomic E-state index is 12.9. The molecule has 1 amide bonds. The lowest BCUT2D eigenvalue weighted by molar-refractivity contribution is -0.136. The van der Waals surface area contributed by atoms with Crippen LogP contribution in [0.4, 0.5) is 0 Å². The minimum atomic E-state index is 0.335. The molecule has 4 rings (SSSR count). The summed E-state index contributed by atoms with van der Waals surface area (Å²) in [7, 11) is 1.72. The molecule has 28 heavy (non-hydrogen) atoms. The Morgan fingerprint density at radius 1 is 1.18 bits per heavy atom. The summed E-state index contributed by atoms with van der Waals surface area (Å²) in [5, 5.41) is 1.27. The van der Waals surface area contributed by atoms with Gasteiger partial charge in [-0.05, 0) is 81.3 Å². The summed E-state index contributed by atoms with van der Waals surface area (Å²) in [5.41, 5.74) is 2.56. The second-order valence-corrected chi connectivity index (χ2v) is 8.35. The molecule has 0 bridgehead atoms. The Labute approximate surface area is 168 Å². The number of ether oxygens (including phenoxy) is 1. The fourth-order valence-corrected chi connectivity index (χ4v) is 5.02. The van der Waals surface area contributed by atoms with Gasteiger partial charge in [-0.25, -0.2) is 0 Å². The lowest BCUT2D eigenvalue weighted by Crippen LogP contribution is -2.49. The standard InChI is InChI=1S/C23H33N3O2/c1-3-18-6-4-5-11-26(18)23(27)16-25-12-9-17(10-13-25)21-15-24-22-8-7-19(28-2)14-20(21)22/h7-8,14-15,17-18,24H,3-6,9-13,16H2,1-2H3. The first-order chi connectivity index (χ1) is 13.7. The summed E-state index contributed by atoms with van der Waals surface area (Å²) >= 11 is 0. The van der Waals surface area contributed by atoms with Gasteiger partial charge in [0.1, 0.15) is 5.75 Å². The van der Waals surface area contributed by atoms with E-state index >= 15 is 0 Å². The van der Waals surface area contributed by atoms with E-state index in [1.165, 1.54) is 29.3 Å². The molecule has 1 aromatic carbocycles. The van der Waals surface area contributed by atoms with Crippen molar-refractivity contribution in [3.05, 3.63) is 30.0 Å². The van der Waals surface area contributed by atoms with E-state index in [2.05, 4.69) is 40.0 Å². The number of piperidine rings is 2. The molecule has 2 aliphatic rings. The Kier molecular flexibility index (Phi) is 5.90. The number of H-pyrrole nitrogens is 1. The third-order valence-corrected chi connectivity index (χ3v) is 6.73. The average Bonchev–Trinajstić information content (AvgIpc) is 3.17. The van der Waals surface area contributed by atoms with Crippen molar-refractivity contribution < 1.29 is 9.53 Å². The number of rotatable bonds is 5. The molecule has 2 saturated heterocycles. The second kappa shape index (κ2) is 8.56. The monoisotopic (exact) mass is 383 g/mol. The Balaban J connectivity index is 1.36. The predicted octanol–water partition coefficient (Wildman–Crippen LogP) is 4.15. The minimum Gasteiger partial charge on any atom is -0.497 e. The molecule has 2 aliphatic heterocycles. The van der Waals surface area contributed by atoms with Gasteiger partial charge in [0.25, 0.3) is 0 Å². The molecular weight excluding hydrogens is 350 g/mol. The van der Waals surface area contributed by atoms with E-state index in [9.17, 15) is 4.79 Å². The van der Waals surface area contributed by atoms with Gasteiger partial charge in [-0.2, -0.15) is 0 Å². The van der Waals surface area contributed by atoms with Gasteiger partial charge >= 0.3 is 0 Å². The molecule has 152 valence electrons. The number of likely N-dealkylation sites (tertiary alicyclic amines) is 2. The molecule has 3 heterocycles. The van der Waals surface area contributed by atoms with Crippen LogP contribution in [-0.2, 0) is 4.79 Å². The normalized spacial score (nSPS) is 21.9. The number of fused-ring (bicyclic) bond motifs is 1. The highest BCUT2D eigenvalue weighted by atomic mass is 16.5. The van der Waals surface area contributed by atoms with Crippen molar-refractivity contribution in [1.82, 2.24) is 14.8 Å². The van der Waals surface area contributed by atoms with Crippen LogP contribution < -0.4 is 4.74 Å². The number of methoxy groups -OCH3 is 1. The molecule has 1 atom stereocenters. The van der Waals surface area contributed by atoms with Crippen LogP contribution in [-0.4, -0.2) is 60.0 Å². The van der Waals surface area contributed by atoms with Crippen LogP contribution in [0, 0.1) is 0 Å². The van der Waals surface area contributed by atoms with Gasteiger partial charge in [-0.3, -0.25) is 9.69 Å². The average molecular weight is 384 g/mol. The number of hydrogen-bond acceptors (Lipinski definition) is 3. The summed E-state index contributed by atoms with van der Waals surface area (Å²) < 4.78 is 5.41. The third-order valence-electron chi connectivity index (χ3n) is 6.73. The van der Waals surface area contributed by atoms with E-state index in [-0.39, 0.29) is 0 Å². The zero-order valence-electron chi connectivity index (χ0n) is 17.2. The Bertz CT molecular complexity index is 807. The van der Waals surface area contributed by atoms with Crippen LogP contribution in [0.2, 0.25) is 0 Å². The molecule has 2 aromatic rings. The van der Waals surface area contributed by atoms with E-state index in [1.807, 2.05) is 6.07 Å². The first-order valence-corrected chi connectivity index (χ1v) is 10.9. The van der Waals surface area contributed by atoms with Crippen LogP contribution in [0.5, 0.6) is 5.75 Å². The fourth-order valence-electron chi connectivity index (χ4n) is 5.02. The largest absolute Gasteiger partial charge is 0.497 e. The molecule has 0 spiro atoms. The van der Waals surface area contributed by atoms with Crippen molar-refractivity contribution in [2.45, 2.75) is 57.4 Å². The Hall–Kier alpha value is -2.01. The molecule has 0 radical (unpaired) electrons. The van der Waals surface area contributed by atoms with Gasteiger partial charge in [0, 0.05) is 29.7 Å². The van der Waals surface area contributed by atoms with Gasteiger partial charge in [0.05, 0.1) is 13.7 Å². The maximum Gasteiger partial charge on any atom is 0.236 e. The van der Waals surface area contributed by atoms with E-state index in [0.717, 1.165) is 51.1 Å². The molecular formula is C23H33N3O2. The van der Waals surface area contributed by atoms with E-state index in [4.69, 9.17) is 4.74 Å². The third kappa shape index (κ3) is 3.90. The zero-order valence-corrected chi connectivity index (χ0v) is 17.2. The van der Waals surface area contributed by atoms with Gasteiger partial charge in [0.15, 0.2) is 0 Å². The zero-order chi connectivity index (χ0) is 19.5. The number of hydrogen-bond donors (Lipinski definition) is 1. The molecule has 2 fully saturated rings. The van der Waals surface area contributed by atoms with Crippen LogP contribution in [0.1, 0.15) is 56.9 Å². The van der Waals surface area contributed by atoms with Gasteiger partial charge in [0.2, 0.25) is 5.91 Å². The lowest BCUT2D eigenvalue weighted by Gasteiger charge is -2.38. The topological polar surface area (TPSA) is 48.6 Å². The number of nitrogens with zero attached hydrogens (tertiary/aromatic N) is 2. The molecule has 5 heteroatoms. The summed E-state index contributed by atoms with van der Waals surface area (Å²) in [4.78, 5) is 20.8. The van der Waals surface area contributed by atoms with Gasteiger partial charge in [-0.15, -0.1) is 0 Å². The molecule has 0 aliphatic carbocycles. The van der Waals surface area contributed by atoms with Crippen molar-refractivity contribution in [3.63, 3.8) is 0 Å². The predicted molar refractivity (Wildman–Crippen MR) is 113 cm³/mol. The molecule has 1 aromatic heterocycles. The van der Waals surface area contributed by atoms with Crippen molar-refractivity contribution >= 4 is 16.8 Å². The summed E-state index contributed by atoms with van der Waals surface area (Å²) in [6.07, 6.45) is 9.06. The highest BCUT2D eigenvalue weighted by molar-refractivity contribution is 5.85. The van der Waals surface area contributed by atoms with Crippen molar-refractivity contribution in [2.24, 2.45) is 0 Å². The molecule has 1 unspecified atom stereocenters. The number of carbonyl (C=O) groups excluding carboxylic acids is 1. The number of amides is 1. The minimum absolute atomic E-state index is 0.335. The highest BCUT2D eigenvalue weighted by Gasteiger charge is 2.29. The van der Waals surface area contributed by atoms with Crippen molar-refractivity contribution in [1.29, 1.82) is 0 Å². The Morgan fingerprint density at radius 3 is 2.75 bits per heavy atom. The first-order valence-electron chi connectivity index (χ1n) is 10.9. The summed E-state index contributed by atoms with van der Waals surface area (Å²) in [6.45, 7) is 5.74. The van der Waals surface area contributed by atoms with E-state index in [1.54, 1.807) is 7.11 Å². The Morgan fingerprint density at radius 2 is 2.00 bits per heavy atom. The van der Waals surface area contributed by atoms with Crippen LogP contribution in [0.25, 0.3) is 10.9 Å². The summed E-state index contributed by atoms with van der Waals surface area (Å²) in [5.74, 6) is 1.79. The first kappa shape index (κ1) is 19.3. The lowest BCUT2D eigenvalue weighted by atomic mass is 9.89. The van der Waals surface area contributed by atoms with Crippen LogP contribution in [0.3, 0.4) is 0 Å². The SMILES string of the molecule is CCC1CCCCN1C(=O)CN1CCC(c2c[nH]c3ccc(OC)cc23)CC1. The number of nitrogens with one attached hydrogen (secondary N) is 1. The summed E-state index contributed by atoms with van der Waals surface area (Å²) in [6, 6.07) is 6.69. The quantitative estimate of drug-likeness (QED) is 0.844. The second-order valence-electron chi connectivity index (χ2n) is 8.35. The fraction of sp³-hybridized carbons (Fsp3) is 0.609. The molecule has 0 saturated carbocycles. The molecule has 5 nitrogen and oxygen atoms in total. The van der Waals surface area contributed by atoms with Gasteiger partial charge < -0.3 is 14.6 Å². The van der Waals surface area contributed by atoms with Crippen LogP contribution in [0.15, 0.2) is 24.4 Å². The van der Waals surface area contributed by atoms with E-state index in [0.29, 0.717) is 24.4 Å². The van der Waals surface area contributed by atoms with Crippen LogP contribution >= 0.6 is 0 Å². The molecule has 1 N–H and O–H groups in total. The number of benzene rings is 1. The number of carbonyl (C=O) groups is 1. The van der Waals surface area contributed by atoms with Crippen molar-refractivity contribution in [3.8, 4) is 5.75 Å². The smallest absolute Gasteiger partial charge is 0.236 e. The van der Waals surface area contributed by atoms with E-state index < -0.39 is 0 Å². The van der Waals surface area contributed by atoms with Gasteiger partial charge in [-0.1, -0.05) is 6.92 Å². The number of aromatic nitrogens is 1. The maximum absolute atomic E-state index is 12.9. The highest BCUT2D eigenvalue weighted by Crippen LogP contribution is 2.34. The number of aromatic amines is 1. The van der Waals surface area contributed by atoms with Crippen molar-refractivity contribution in [2.75, 3.05) is 33.3 Å².